The summed E-state index contributed by atoms with van der Waals surface area (Å²) in [5.41, 5.74) is 3.51. The van der Waals surface area contributed by atoms with Crippen LogP contribution in [0.1, 0.15) is 17.2 Å². The Morgan fingerprint density at radius 3 is 2.19 bits per heavy atom. The molecule has 0 aromatic carbocycles. The quantitative estimate of drug-likeness (QED) is 0.389. The molecule has 112 valence electrons. The number of anilines is 1. The van der Waals surface area contributed by atoms with Gasteiger partial charge in [-0.1, -0.05) is 0 Å². The van der Waals surface area contributed by atoms with Gasteiger partial charge in [-0.15, -0.1) is 0 Å². The van der Waals surface area contributed by atoms with Crippen molar-refractivity contribution in [3.05, 3.63) is 29.3 Å². The first-order chi connectivity index (χ1) is 9.77. The molecule has 0 saturated carbocycles. The number of aryl methyl sites for hydroxylation is 2. The fraction of sp³-hybridized carbons (Fsp3) is 0.273. The van der Waals surface area contributed by atoms with Crippen LogP contribution >= 0.6 is 11.8 Å². The first-order valence-corrected chi connectivity index (χ1v) is 6.52. The van der Waals surface area contributed by atoms with Crippen molar-refractivity contribution in [2.75, 3.05) is 5.43 Å². The molecule has 0 aliphatic rings. The van der Waals surface area contributed by atoms with Crippen molar-refractivity contribution in [3.63, 3.8) is 0 Å². The second-order valence-electron chi connectivity index (χ2n) is 4.09. The normalized spacial score (nSPS) is 11.5. The van der Waals surface area contributed by atoms with Gasteiger partial charge in [-0.2, -0.15) is 13.2 Å². The van der Waals surface area contributed by atoms with Gasteiger partial charge in [0.25, 0.3) is 0 Å². The highest BCUT2D eigenvalue weighted by atomic mass is 32.2. The summed E-state index contributed by atoms with van der Waals surface area (Å²) in [6, 6.07) is 3.05. The van der Waals surface area contributed by atoms with Gasteiger partial charge in [-0.05, 0) is 31.7 Å². The van der Waals surface area contributed by atoms with Crippen LogP contribution in [-0.2, 0) is 6.18 Å². The third kappa shape index (κ3) is 4.02. The average molecular weight is 316 g/mol. The second-order valence-corrected chi connectivity index (χ2v) is 5.08. The zero-order valence-corrected chi connectivity index (χ0v) is 11.9. The molecule has 10 heteroatoms. The Labute approximate surface area is 122 Å². The minimum absolute atomic E-state index is 0.0512. The van der Waals surface area contributed by atoms with Gasteiger partial charge in [0.05, 0.1) is 0 Å². The Bertz CT molecular complexity index is 641. The molecule has 0 unspecified atom stereocenters. The van der Waals surface area contributed by atoms with Crippen LogP contribution in [0.15, 0.2) is 22.3 Å². The van der Waals surface area contributed by atoms with Crippen molar-refractivity contribution < 1.29 is 13.2 Å². The number of nitrogens with one attached hydrogen (secondary N) is 1. The highest BCUT2D eigenvalue weighted by molar-refractivity contribution is 7.99. The number of hydrogen-bond donors (Lipinski definition) is 2. The van der Waals surface area contributed by atoms with Crippen LogP contribution < -0.4 is 11.3 Å². The van der Waals surface area contributed by atoms with E-state index in [9.17, 15) is 13.2 Å². The molecule has 0 amide bonds. The molecule has 0 aliphatic carbocycles. The van der Waals surface area contributed by atoms with Crippen LogP contribution in [0.25, 0.3) is 0 Å². The molecule has 21 heavy (non-hydrogen) atoms. The maximum absolute atomic E-state index is 12.7. The van der Waals surface area contributed by atoms with Gasteiger partial charge in [0.2, 0.25) is 5.82 Å². The number of alkyl halides is 3. The van der Waals surface area contributed by atoms with Crippen molar-refractivity contribution in [3.8, 4) is 0 Å². The van der Waals surface area contributed by atoms with Gasteiger partial charge in [-0.25, -0.2) is 25.8 Å². The lowest BCUT2D eigenvalue weighted by Crippen LogP contribution is -2.16. The van der Waals surface area contributed by atoms with Gasteiger partial charge in [0.15, 0.2) is 5.16 Å². The van der Waals surface area contributed by atoms with E-state index >= 15 is 0 Å². The molecule has 6 nitrogen and oxygen atoms in total. The molecule has 0 fully saturated rings. The molecule has 2 aromatic rings. The van der Waals surface area contributed by atoms with E-state index in [4.69, 9.17) is 5.84 Å². The number of nitrogen functional groups attached to an aromatic ring is 1. The predicted octanol–water partition coefficient (Wildman–Crippen LogP) is 2.34. The predicted molar refractivity (Wildman–Crippen MR) is 70.5 cm³/mol. The van der Waals surface area contributed by atoms with Crippen molar-refractivity contribution in [1.82, 2.24) is 19.9 Å². The van der Waals surface area contributed by atoms with Crippen molar-refractivity contribution in [2.24, 2.45) is 5.84 Å². The van der Waals surface area contributed by atoms with E-state index < -0.39 is 12.0 Å². The number of nitrogens with two attached hydrogens (primary N) is 1. The molecule has 2 heterocycles. The Balaban J connectivity index is 2.39. The lowest BCUT2D eigenvalue weighted by Gasteiger charge is -2.09. The van der Waals surface area contributed by atoms with Crippen LogP contribution in [0, 0.1) is 13.8 Å². The molecule has 0 bridgehead atoms. The summed E-state index contributed by atoms with van der Waals surface area (Å²) >= 11 is 0.907. The number of hydrazine groups is 1. The molecule has 2 rings (SSSR count). The summed E-state index contributed by atoms with van der Waals surface area (Å²) in [5, 5.41) is 0.359. The largest absolute Gasteiger partial charge is 0.451 e. The first kappa shape index (κ1) is 15.4. The fourth-order valence-electron chi connectivity index (χ4n) is 1.51. The lowest BCUT2D eigenvalue weighted by atomic mass is 10.4. The Hall–Kier alpha value is -1.94. The number of nitrogens with zero attached hydrogens (tertiary/aromatic N) is 4. The summed E-state index contributed by atoms with van der Waals surface area (Å²) in [5.74, 6) is 3.72. The topological polar surface area (TPSA) is 89.6 Å². The Morgan fingerprint density at radius 1 is 1.05 bits per heavy atom. The van der Waals surface area contributed by atoms with Crippen molar-refractivity contribution in [1.29, 1.82) is 0 Å². The Kier molecular flexibility index (Phi) is 4.28. The second kappa shape index (κ2) is 5.82. The number of hydrogen-bond acceptors (Lipinski definition) is 7. The fourth-order valence-corrected chi connectivity index (χ4v) is 2.38. The van der Waals surface area contributed by atoms with Gasteiger partial charge in [0, 0.05) is 17.5 Å². The number of rotatable bonds is 3. The van der Waals surface area contributed by atoms with Crippen molar-refractivity contribution >= 4 is 17.6 Å². The minimum atomic E-state index is -4.66. The SMILES string of the molecule is Cc1cc(C)nc(Sc2cc(NN)nc(C(F)(F)F)n2)n1. The lowest BCUT2D eigenvalue weighted by molar-refractivity contribution is -0.145. The summed E-state index contributed by atoms with van der Waals surface area (Å²) in [6.07, 6.45) is -4.66. The summed E-state index contributed by atoms with van der Waals surface area (Å²) < 4.78 is 38.2. The highest BCUT2D eigenvalue weighted by Crippen LogP contribution is 2.31. The van der Waals surface area contributed by atoms with E-state index in [1.165, 1.54) is 6.07 Å². The van der Waals surface area contributed by atoms with Gasteiger partial charge in [0.1, 0.15) is 10.8 Å². The molecule has 0 spiro atoms. The number of halogens is 3. The molecule has 3 N–H and O–H groups in total. The molecule has 0 radical (unpaired) electrons. The molecule has 2 aromatic heterocycles. The van der Waals surface area contributed by atoms with Gasteiger partial charge >= 0.3 is 6.18 Å². The molecule has 0 saturated heterocycles. The monoisotopic (exact) mass is 316 g/mol. The maximum atomic E-state index is 12.7. The summed E-state index contributed by atoms with van der Waals surface area (Å²) in [6.45, 7) is 3.54. The van der Waals surface area contributed by atoms with Crippen LogP contribution in [0.2, 0.25) is 0 Å². The van der Waals surface area contributed by atoms with Gasteiger partial charge < -0.3 is 5.43 Å². The van der Waals surface area contributed by atoms with Crippen LogP contribution in [-0.4, -0.2) is 19.9 Å². The van der Waals surface area contributed by atoms with E-state index in [-0.39, 0.29) is 10.8 Å². The minimum Gasteiger partial charge on any atom is -0.308 e. The first-order valence-electron chi connectivity index (χ1n) is 5.71. The number of aromatic nitrogens is 4. The van der Waals surface area contributed by atoms with E-state index in [0.717, 1.165) is 11.8 Å². The average Bonchev–Trinajstić information content (AvgIpc) is 2.36. The molecular weight excluding hydrogens is 305 g/mol. The summed E-state index contributed by atoms with van der Waals surface area (Å²) in [7, 11) is 0. The van der Waals surface area contributed by atoms with Crippen LogP contribution in [0.4, 0.5) is 19.0 Å². The van der Waals surface area contributed by atoms with Crippen LogP contribution in [0.5, 0.6) is 0 Å². The molecule has 0 aliphatic heterocycles. The van der Waals surface area contributed by atoms with Crippen molar-refractivity contribution in [2.45, 2.75) is 30.2 Å². The smallest absolute Gasteiger partial charge is 0.308 e. The van der Waals surface area contributed by atoms with E-state index in [0.29, 0.717) is 16.5 Å². The third-order valence-electron chi connectivity index (χ3n) is 2.26. The highest BCUT2D eigenvalue weighted by Gasteiger charge is 2.35. The summed E-state index contributed by atoms with van der Waals surface area (Å²) in [4.78, 5) is 15.0. The third-order valence-corrected chi connectivity index (χ3v) is 3.05. The van der Waals surface area contributed by atoms with E-state index in [1.54, 1.807) is 19.9 Å². The standard InChI is InChI=1S/C11H11F3N6S/c1-5-3-6(2)17-10(16-5)21-8-4-7(20-15)18-9(19-8)11(12,13)14/h3-4H,15H2,1-2H3,(H,18,19,20). The molecule has 0 atom stereocenters. The van der Waals surface area contributed by atoms with E-state index in [1.807, 2.05) is 0 Å². The molecular formula is C11H11F3N6S. The Morgan fingerprint density at radius 2 is 1.67 bits per heavy atom. The van der Waals surface area contributed by atoms with E-state index in [2.05, 4.69) is 25.4 Å². The zero-order chi connectivity index (χ0) is 15.6. The zero-order valence-electron chi connectivity index (χ0n) is 11.1. The van der Waals surface area contributed by atoms with Crippen LogP contribution in [0.3, 0.4) is 0 Å². The maximum Gasteiger partial charge on any atom is 0.451 e. The van der Waals surface area contributed by atoms with Gasteiger partial charge in [-0.3, -0.25) is 0 Å².